The predicted octanol–water partition coefficient (Wildman–Crippen LogP) is 4.27. The second-order valence-electron chi connectivity index (χ2n) is 9.16. The lowest BCUT2D eigenvalue weighted by Gasteiger charge is -2.42. The van der Waals surface area contributed by atoms with Gasteiger partial charge in [0, 0.05) is 41.3 Å². The molecular formula is C26H29N3O3. The van der Waals surface area contributed by atoms with Crippen LogP contribution >= 0.6 is 0 Å². The quantitative estimate of drug-likeness (QED) is 0.633. The third-order valence-electron chi connectivity index (χ3n) is 7.18. The molecule has 0 aliphatic carbocycles. The normalized spacial score (nSPS) is 22.3. The molecule has 2 aliphatic rings. The molecule has 6 heteroatoms. The van der Waals surface area contributed by atoms with E-state index in [1.54, 1.807) is 17.0 Å². The van der Waals surface area contributed by atoms with Crippen molar-refractivity contribution in [2.75, 3.05) is 26.2 Å². The number of aromatic amines is 1. The fourth-order valence-electron chi connectivity index (χ4n) is 5.32. The van der Waals surface area contributed by atoms with E-state index in [0.717, 1.165) is 42.0 Å². The number of para-hydroxylation sites is 1. The van der Waals surface area contributed by atoms with Crippen LogP contribution in [0.15, 0.2) is 54.7 Å². The number of rotatable bonds is 5. The van der Waals surface area contributed by atoms with Gasteiger partial charge >= 0.3 is 5.97 Å². The second kappa shape index (κ2) is 8.43. The van der Waals surface area contributed by atoms with Gasteiger partial charge in [0.05, 0.1) is 6.04 Å². The van der Waals surface area contributed by atoms with Crippen LogP contribution in [0.3, 0.4) is 0 Å². The van der Waals surface area contributed by atoms with Gasteiger partial charge in [-0.3, -0.25) is 9.59 Å². The zero-order valence-electron chi connectivity index (χ0n) is 18.3. The van der Waals surface area contributed by atoms with E-state index >= 15 is 0 Å². The van der Waals surface area contributed by atoms with Gasteiger partial charge in [-0.05, 0) is 49.5 Å². The van der Waals surface area contributed by atoms with E-state index in [1.165, 1.54) is 12.8 Å². The summed E-state index contributed by atoms with van der Waals surface area (Å²) in [6.07, 6.45) is 4.21. The largest absolute Gasteiger partial charge is 0.481 e. The molecule has 0 radical (unpaired) electrons. The lowest BCUT2D eigenvalue weighted by Crippen LogP contribution is -2.48. The first-order valence-corrected chi connectivity index (χ1v) is 11.5. The number of likely N-dealkylation sites (tertiary alicyclic amines) is 1. The minimum Gasteiger partial charge on any atom is -0.481 e. The van der Waals surface area contributed by atoms with Crippen molar-refractivity contribution in [1.29, 1.82) is 0 Å². The first kappa shape index (κ1) is 20.8. The maximum absolute atomic E-state index is 13.7. The number of hydrogen-bond acceptors (Lipinski definition) is 3. The number of aliphatic carboxylic acids is 1. The van der Waals surface area contributed by atoms with Crippen LogP contribution in [-0.2, 0) is 4.79 Å². The molecule has 1 amide bonds. The van der Waals surface area contributed by atoms with Gasteiger partial charge in [0.1, 0.15) is 5.92 Å². The average molecular weight is 432 g/mol. The number of benzene rings is 2. The number of aromatic nitrogens is 1. The minimum absolute atomic E-state index is 0.0845. The second-order valence-corrected chi connectivity index (χ2v) is 9.16. The molecule has 1 fully saturated rings. The van der Waals surface area contributed by atoms with Crippen LogP contribution < -0.4 is 0 Å². The molecule has 2 aromatic carbocycles. The first-order valence-electron chi connectivity index (χ1n) is 11.5. The van der Waals surface area contributed by atoms with E-state index in [9.17, 15) is 14.7 Å². The molecular weight excluding hydrogens is 402 g/mol. The maximum Gasteiger partial charge on any atom is 0.313 e. The van der Waals surface area contributed by atoms with Gasteiger partial charge in [-0.2, -0.15) is 0 Å². The summed E-state index contributed by atoms with van der Waals surface area (Å²) in [5.74, 6) is -1.06. The molecule has 0 saturated carbocycles. The van der Waals surface area contributed by atoms with Crippen LogP contribution in [0.5, 0.6) is 0 Å². The number of piperidine rings is 1. The van der Waals surface area contributed by atoms with E-state index < -0.39 is 17.9 Å². The molecule has 1 aromatic heterocycles. The van der Waals surface area contributed by atoms with E-state index in [-0.39, 0.29) is 5.91 Å². The number of carboxylic acid groups (broad SMARTS) is 1. The molecule has 5 rings (SSSR count). The third-order valence-corrected chi connectivity index (χ3v) is 7.18. The van der Waals surface area contributed by atoms with Crippen molar-refractivity contribution in [1.82, 2.24) is 14.8 Å². The predicted molar refractivity (Wildman–Crippen MR) is 124 cm³/mol. The highest BCUT2D eigenvalue weighted by molar-refractivity contribution is 6.01. The summed E-state index contributed by atoms with van der Waals surface area (Å²) in [5, 5.41) is 11.3. The molecule has 2 atom stereocenters. The number of H-pyrrole nitrogens is 1. The number of carbonyl (C=O) groups is 2. The first-order chi connectivity index (χ1) is 15.5. The molecule has 166 valence electrons. The van der Waals surface area contributed by atoms with Crippen molar-refractivity contribution < 1.29 is 14.7 Å². The van der Waals surface area contributed by atoms with E-state index in [4.69, 9.17) is 0 Å². The van der Waals surface area contributed by atoms with E-state index in [2.05, 4.69) is 16.8 Å². The van der Waals surface area contributed by atoms with Crippen LogP contribution in [-0.4, -0.2) is 57.9 Å². The average Bonchev–Trinajstić information content (AvgIpc) is 3.23. The molecule has 0 bridgehead atoms. The minimum atomic E-state index is -0.906. The van der Waals surface area contributed by atoms with Crippen molar-refractivity contribution >= 4 is 22.8 Å². The van der Waals surface area contributed by atoms with Gasteiger partial charge in [-0.1, -0.05) is 43.3 Å². The molecule has 3 heterocycles. The fourth-order valence-corrected chi connectivity index (χ4v) is 5.32. The SMILES string of the molecule is CC1CCN(CCN2C(=O)c3ccccc3C(C(=O)O)C2c2c[nH]c3ccccc23)CC1. The van der Waals surface area contributed by atoms with Crippen LogP contribution in [0.25, 0.3) is 10.9 Å². The number of hydrogen-bond donors (Lipinski definition) is 2. The summed E-state index contributed by atoms with van der Waals surface area (Å²) >= 11 is 0. The van der Waals surface area contributed by atoms with Gasteiger partial charge in [-0.25, -0.2) is 0 Å². The zero-order valence-corrected chi connectivity index (χ0v) is 18.3. The number of amides is 1. The van der Waals surface area contributed by atoms with Crippen LogP contribution in [0, 0.1) is 5.92 Å². The summed E-state index contributed by atoms with van der Waals surface area (Å²) < 4.78 is 0. The van der Waals surface area contributed by atoms with E-state index in [0.29, 0.717) is 17.7 Å². The molecule has 2 aliphatic heterocycles. The Morgan fingerprint density at radius 1 is 1.03 bits per heavy atom. The summed E-state index contributed by atoms with van der Waals surface area (Å²) in [5.41, 5.74) is 2.91. The number of carbonyl (C=O) groups excluding carboxylic acids is 1. The van der Waals surface area contributed by atoms with Crippen LogP contribution in [0.2, 0.25) is 0 Å². The number of nitrogens with one attached hydrogen (secondary N) is 1. The molecule has 2 N–H and O–H groups in total. The summed E-state index contributed by atoms with van der Waals surface area (Å²) in [4.78, 5) is 33.7. The van der Waals surface area contributed by atoms with Crippen molar-refractivity contribution in [3.05, 3.63) is 71.4 Å². The van der Waals surface area contributed by atoms with Gasteiger partial charge in [-0.15, -0.1) is 0 Å². The van der Waals surface area contributed by atoms with Gasteiger partial charge in [0.2, 0.25) is 0 Å². The number of fused-ring (bicyclic) bond motifs is 2. The molecule has 32 heavy (non-hydrogen) atoms. The Kier molecular flexibility index (Phi) is 5.47. The standard InChI is InChI=1S/C26H29N3O3/c1-17-10-12-28(13-11-17)14-15-29-24(21-16-27-22-9-5-4-6-18(21)22)23(26(31)32)19-7-2-3-8-20(19)25(29)30/h2-9,16-17,23-24,27H,10-15H2,1H3,(H,31,32). The van der Waals surface area contributed by atoms with Crippen molar-refractivity contribution in [2.24, 2.45) is 5.92 Å². The number of nitrogens with zero attached hydrogens (tertiary/aromatic N) is 2. The number of carboxylic acids is 1. The Bertz CT molecular complexity index is 1150. The monoisotopic (exact) mass is 431 g/mol. The Labute approximate surface area is 187 Å². The van der Waals surface area contributed by atoms with E-state index in [1.807, 2.05) is 42.6 Å². The molecule has 0 spiro atoms. The highest BCUT2D eigenvalue weighted by atomic mass is 16.4. The van der Waals surface area contributed by atoms with Gasteiger partial charge in [0.15, 0.2) is 0 Å². The summed E-state index contributed by atoms with van der Waals surface area (Å²) in [6.45, 7) is 5.61. The Hall–Kier alpha value is -3.12. The highest BCUT2D eigenvalue weighted by Crippen LogP contribution is 2.44. The van der Waals surface area contributed by atoms with Gasteiger partial charge in [0.25, 0.3) is 5.91 Å². The smallest absolute Gasteiger partial charge is 0.313 e. The summed E-state index contributed by atoms with van der Waals surface area (Å²) in [6, 6.07) is 14.5. The van der Waals surface area contributed by atoms with Crippen molar-refractivity contribution in [2.45, 2.75) is 31.7 Å². The van der Waals surface area contributed by atoms with Crippen LogP contribution in [0.4, 0.5) is 0 Å². The third kappa shape index (κ3) is 3.58. The Balaban J connectivity index is 1.57. The maximum atomic E-state index is 13.7. The van der Waals surface area contributed by atoms with Crippen molar-refractivity contribution in [3.8, 4) is 0 Å². The lowest BCUT2D eigenvalue weighted by molar-refractivity contribution is -0.140. The molecule has 3 aromatic rings. The summed E-state index contributed by atoms with van der Waals surface area (Å²) in [7, 11) is 0. The van der Waals surface area contributed by atoms with Crippen LogP contribution in [0.1, 0.15) is 53.2 Å². The highest BCUT2D eigenvalue weighted by Gasteiger charge is 2.45. The topological polar surface area (TPSA) is 76.6 Å². The molecule has 2 unspecified atom stereocenters. The van der Waals surface area contributed by atoms with Gasteiger partial charge < -0.3 is 19.9 Å². The molecule has 6 nitrogen and oxygen atoms in total. The molecule has 1 saturated heterocycles. The lowest BCUT2D eigenvalue weighted by atomic mass is 9.79. The Morgan fingerprint density at radius 2 is 1.75 bits per heavy atom. The fraction of sp³-hybridized carbons (Fsp3) is 0.385. The zero-order chi connectivity index (χ0) is 22.2. The van der Waals surface area contributed by atoms with Crippen molar-refractivity contribution in [3.63, 3.8) is 0 Å². The Morgan fingerprint density at radius 3 is 2.53 bits per heavy atom.